The number of phenols is 1. The number of carbonyl (C=O) groups is 1. The molecule has 1 aliphatic heterocycles. The maximum atomic E-state index is 12.8. The summed E-state index contributed by atoms with van der Waals surface area (Å²) in [4.78, 5) is 16.7. The van der Waals surface area contributed by atoms with Crippen LogP contribution < -0.4 is 0 Å². The Balaban J connectivity index is 2.05. The van der Waals surface area contributed by atoms with Gasteiger partial charge in [-0.2, -0.15) is 10.1 Å². The van der Waals surface area contributed by atoms with Crippen LogP contribution in [0.1, 0.15) is 35.7 Å². The predicted octanol–water partition coefficient (Wildman–Crippen LogP) is 2.24. The number of aromatic nitrogens is 1. The lowest BCUT2D eigenvalue weighted by molar-refractivity contribution is -0.0766. The maximum Gasteiger partial charge on any atom is 0.280 e. The summed E-state index contributed by atoms with van der Waals surface area (Å²) in [6, 6.07) is 9.52. The number of nitrogens with zero attached hydrogens (tertiary/aromatic N) is 3. The topological polar surface area (TPSA) is 86.0 Å². The van der Waals surface area contributed by atoms with E-state index in [0.717, 1.165) is 5.01 Å². The van der Waals surface area contributed by atoms with E-state index in [1.165, 1.54) is 12.1 Å². The SMILES string of the molecule is CCC1=NN(C(=O)c2ccccc2O)[C@](O)(c2ccncc2)C1. The Morgan fingerprint density at radius 1 is 1.26 bits per heavy atom. The third-order valence-corrected chi connectivity index (χ3v) is 3.92. The summed E-state index contributed by atoms with van der Waals surface area (Å²) >= 11 is 0. The molecule has 118 valence electrons. The number of amides is 1. The number of para-hydroxylation sites is 1. The average molecular weight is 311 g/mol. The molecule has 1 aromatic carbocycles. The predicted molar refractivity (Wildman–Crippen MR) is 84.8 cm³/mol. The monoisotopic (exact) mass is 311 g/mol. The number of carbonyl (C=O) groups excluding carboxylic acids is 1. The molecule has 0 radical (unpaired) electrons. The molecule has 0 bridgehead atoms. The van der Waals surface area contributed by atoms with Crippen molar-refractivity contribution in [1.82, 2.24) is 9.99 Å². The fraction of sp³-hybridized carbons (Fsp3) is 0.235. The normalized spacial score (nSPS) is 20.4. The summed E-state index contributed by atoms with van der Waals surface area (Å²) in [5, 5.41) is 26.4. The summed E-state index contributed by atoms with van der Waals surface area (Å²) in [6.45, 7) is 1.92. The van der Waals surface area contributed by atoms with Crippen molar-refractivity contribution in [3.8, 4) is 5.75 Å². The second-order valence-corrected chi connectivity index (χ2v) is 5.38. The van der Waals surface area contributed by atoms with E-state index >= 15 is 0 Å². The van der Waals surface area contributed by atoms with E-state index in [-0.39, 0.29) is 17.7 Å². The molecule has 3 rings (SSSR count). The van der Waals surface area contributed by atoms with Crippen LogP contribution in [0, 0.1) is 0 Å². The molecule has 0 spiro atoms. The minimum Gasteiger partial charge on any atom is -0.507 e. The summed E-state index contributed by atoms with van der Waals surface area (Å²) in [7, 11) is 0. The highest BCUT2D eigenvalue weighted by molar-refractivity contribution is 6.00. The van der Waals surface area contributed by atoms with Gasteiger partial charge in [0.2, 0.25) is 0 Å². The van der Waals surface area contributed by atoms with Gasteiger partial charge in [-0.15, -0.1) is 0 Å². The molecule has 2 N–H and O–H groups in total. The number of hydrazone groups is 1. The molecule has 23 heavy (non-hydrogen) atoms. The number of hydrogen-bond acceptors (Lipinski definition) is 5. The van der Waals surface area contributed by atoms with E-state index < -0.39 is 11.6 Å². The number of pyridine rings is 1. The smallest absolute Gasteiger partial charge is 0.280 e. The Kier molecular flexibility index (Phi) is 3.83. The fourth-order valence-corrected chi connectivity index (χ4v) is 2.64. The average Bonchev–Trinajstić information content (AvgIpc) is 2.94. The van der Waals surface area contributed by atoms with E-state index in [4.69, 9.17) is 0 Å². The van der Waals surface area contributed by atoms with Gasteiger partial charge in [0.05, 0.1) is 5.56 Å². The minimum atomic E-state index is -1.58. The Labute approximate surface area is 133 Å². The Hall–Kier alpha value is -2.73. The molecule has 1 aliphatic rings. The van der Waals surface area contributed by atoms with E-state index in [2.05, 4.69) is 10.1 Å². The number of phenolic OH excluding ortho intramolecular Hbond substituents is 1. The second-order valence-electron chi connectivity index (χ2n) is 5.38. The van der Waals surface area contributed by atoms with Gasteiger partial charge in [0.15, 0.2) is 5.72 Å². The lowest BCUT2D eigenvalue weighted by Crippen LogP contribution is -2.43. The van der Waals surface area contributed by atoms with Crippen molar-refractivity contribution >= 4 is 11.6 Å². The molecular weight excluding hydrogens is 294 g/mol. The molecule has 0 fully saturated rings. The number of benzene rings is 1. The summed E-state index contributed by atoms with van der Waals surface area (Å²) in [6.07, 6.45) is 3.96. The van der Waals surface area contributed by atoms with E-state index in [1.807, 2.05) is 6.92 Å². The number of aromatic hydroxyl groups is 1. The first kappa shape index (κ1) is 15.2. The zero-order valence-electron chi connectivity index (χ0n) is 12.7. The van der Waals surface area contributed by atoms with Gasteiger partial charge >= 0.3 is 0 Å². The minimum absolute atomic E-state index is 0.0982. The van der Waals surface area contributed by atoms with Crippen molar-refractivity contribution in [2.75, 3.05) is 0 Å². The van der Waals surface area contributed by atoms with E-state index in [1.54, 1.807) is 36.7 Å². The van der Waals surface area contributed by atoms with Gasteiger partial charge in [-0.25, -0.2) is 0 Å². The van der Waals surface area contributed by atoms with Crippen LogP contribution in [0.4, 0.5) is 0 Å². The van der Waals surface area contributed by atoms with Crippen LogP contribution in [-0.4, -0.2) is 31.8 Å². The fourth-order valence-electron chi connectivity index (χ4n) is 2.64. The third kappa shape index (κ3) is 2.57. The number of rotatable bonds is 3. The summed E-state index contributed by atoms with van der Waals surface area (Å²) in [5.41, 5.74) is -0.231. The molecule has 0 saturated heterocycles. The molecule has 2 heterocycles. The van der Waals surface area contributed by atoms with Gasteiger partial charge in [0, 0.05) is 30.1 Å². The van der Waals surface area contributed by atoms with Gasteiger partial charge < -0.3 is 10.2 Å². The van der Waals surface area contributed by atoms with Crippen molar-refractivity contribution in [1.29, 1.82) is 0 Å². The quantitative estimate of drug-likeness (QED) is 0.910. The third-order valence-electron chi connectivity index (χ3n) is 3.92. The van der Waals surface area contributed by atoms with Crippen molar-refractivity contribution < 1.29 is 15.0 Å². The van der Waals surface area contributed by atoms with Crippen molar-refractivity contribution in [2.45, 2.75) is 25.5 Å². The van der Waals surface area contributed by atoms with Crippen LogP contribution in [0.5, 0.6) is 5.75 Å². The lowest BCUT2D eigenvalue weighted by atomic mass is 9.97. The van der Waals surface area contributed by atoms with Crippen molar-refractivity contribution in [2.24, 2.45) is 5.10 Å². The first-order valence-electron chi connectivity index (χ1n) is 7.38. The van der Waals surface area contributed by atoms with Crippen LogP contribution in [0.15, 0.2) is 53.9 Å². The number of aliphatic hydroxyl groups is 1. The van der Waals surface area contributed by atoms with E-state index in [9.17, 15) is 15.0 Å². The zero-order valence-corrected chi connectivity index (χ0v) is 12.7. The molecule has 0 saturated carbocycles. The highest BCUT2D eigenvalue weighted by Gasteiger charge is 2.46. The highest BCUT2D eigenvalue weighted by atomic mass is 16.3. The maximum absolute atomic E-state index is 12.8. The first-order valence-corrected chi connectivity index (χ1v) is 7.38. The Bertz CT molecular complexity index is 761. The highest BCUT2D eigenvalue weighted by Crippen LogP contribution is 2.37. The van der Waals surface area contributed by atoms with Gasteiger partial charge in [-0.1, -0.05) is 19.1 Å². The van der Waals surface area contributed by atoms with Crippen LogP contribution in [0.2, 0.25) is 0 Å². The molecular formula is C17H17N3O3. The lowest BCUT2D eigenvalue weighted by Gasteiger charge is -2.31. The van der Waals surface area contributed by atoms with Gasteiger partial charge in [0.1, 0.15) is 5.75 Å². The largest absolute Gasteiger partial charge is 0.507 e. The van der Waals surface area contributed by atoms with Crippen LogP contribution in [0.3, 0.4) is 0 Å². The second kappa shape index (κ2) is 5.81. The molecule has 6 nitrogen and oxygen atoms in total. The first-order chi connectivity index (χ1) is 11.1. The van der Waals surface area contributed by atoms with Crippen molar-refractivity contribution in [3.63, 3.8) is 0 Å². The molecule has 0 unspecified atom stereocenters. The molecule has 6 heteroatoms. The zero-order chi connectivity index (χ0) is 16.4. The van der Waals surface area contributed by atoms with Crippen LogP contribution in [0.25, 0.3) is 0 Å². The van der Waals surface area contributed by atoms with E-state index in [0.29, 0.717) is 17.7 Å². The molecule has 1 amide bonds. The number of hydrogen-bond donors (Lipinski definition) is 2. The van der Waals surface area contributed by atoms with Gasteiger partial charge in [-0.05, 0) is 30.7 Å². The van der Waals surface area contributed by atoms with Crippen LogP contribution >= 0.6 is 0 Å². The molecule has 0 aliphatic carbocycles. The van der Waals surface area contributed by atoms with Crippen molar-refractivity contribution in [3.05, 3.63) is 59.9 Å². The summed E-state index contributed by atoms with van der Waals surface area (Å²) < 4.78 is 0. The standard InChI is InChI=1S/C17H17N3O3/c1-2-13-11-17(23,12-7-9-18-10-8-12)20(19-13)16(22)14-5-3-4-6-15(14)21/h3-10,21,23H,2,11H2,1H3/t17-/m1/s1. The summed E-state index contributed by atoms with van der Waals surface area (Å²) in [5.74, 6) is -0.694. The molecule has 2 aromatic rings. The molecule has 1 aromatic heterocycles. The Morgan fingerprint density at radius 3 is 2.61 bits per heavy atom. The molecule has 1 atom stereocenters. The van der Waals surface area contributed by atoms with Gasteiger partial charge in [0.25, 0.3) is 5.91 Å². The van der Waals surface area contributed by atoms with Gasteiger partial charge in [-0.3, -0.25) is 9.78 Å². The Morgan fingerprint density at radius 2 is 1.96 bits per heavy atom. The van der Waals surface area contributed by atoms with Crippen LogP contribution in [-0.2, 0) is 5.72 Å².